The van der Waals surface area contributed by atoms with Crippen molar-refractivity contribution < 1.29 is 23.9 Å². The summed E-state index contributed by atoms with van der Waals surface area (Å²) in [4.78, 5) is 42.9. The highest BCUT2D eigenvalue weighted by Crippen LogP contribution is 2.38. The number of benzene rings is 4. The van der Waals surface area contributed by atoms with Crippen LogP contribution >= 0.6 is 15.9 Å². The lowest BCUT2D eigenvalue weighted by Gasteiger charge is -2.37. The van der Waals surface area contributed by atoms with Crippen molar-refractivity contribution in [2.75, 3.05) is 50.6 Å². The van der Waals surface area contributed by atoms with E-state index in [4.69, 9.17) is 9.47 Å². The number of hydrogen-bond donors (Lipinski definition) is 1. The number of nitrogens with zero attached hydrogens (tertiary/aromatic N) is 2. The van der Waals surface area contributed by atoms with Gasteiger partial charge in [-0.1, -0.05) is 42.5 Å². The zero-order valence-corrected chi connectivity index (χ0v) is 23.7. The van der Waals surface area contributed by atoms with E-state index in [0.29, 0.717) is 58.8 Å². The Morgan fingerprint density at radius 1 is 0.825 bits per heavy atom. The quantitative estimate of drug-likeness (QED) is 0.289. The molecule has 0 saturated carbocycles. The van der Waals surface area contributed by atoms with E-state index in [0.717, 1.165) is 16.5 Å². The molecular formula is C31H28BrN3O5. The van der Waals surface area contributed by atoms with E-state index in [1.807, 2.05) is 59.5 Å². The lowest BCUT2D eigenvalue weighted by Crippen LogP contribution is -2.49. The molecule has 204 valence electrons. The smallest absolute Gasteiger partial charge is 0.337 e. The van der Waals surface area contributed by atoms with Gasteiger partial charge in [-0.2, -0.15) is 0 Å². The highest BCUT2D eigenvalue weighted by molar-refractivity contribution is 9.10. The number of amides is 2. The molecule has 8 nitrogen and oxygen atoms in total. The van der Waals surface area contributed by atoms with Crippen LogP contribution in [0.5, 0.6) is 5.75 Å². The van der Waals surface area contributed by atoms with Gasteiger partial charge in [0.1, 0.15) is 5.75 Å². The Labute approximate surface area is 240 Å². The first-order chi connectivity index (χ1) is 19.4. The fourth-order valence-electron chi connectivity index (χ4n) is 4.91. The number of halogens is 1. The van der Waals surface area contributed by atoms with Crippen LogP contribution in [-0.2, 0) is 4.74 Å². The minimum absolute atomic E-state index is 0.0104. The highest BCUT2D eigenvalue weighted by atomic mass is 79.9. The summed E-state index contributed by atoms with van der Waals surface area (Å²) in [6.45, 7) is 2.16. The van der Waals surface area contributed by atoms with Crippen LogP contribution in [0.25, 0.3) is 10.8 Å². The summed E-state index contributed by atoms with van der Waals surface area (Å²) < 4.78 is 11.2. The number of carbonyl (C=O) groups is 3. The van der Waals surface area contributed by atoms with E-state index >= 15 is 0 Å². The average molecular weight is 602 g/mol. The van der Waals surface area contributed by atoms with Crippen LogP contribution in [0.15, 0.2) is 83.3 Å². The fourth-order valence-corrected chi connectivity index (χ4v) is 5.65. The standard InChI is InChI=1S/C31H28BrN3O5/c1-39-28-24(18-21-10-6-7-11-23(21)27(28)32)29(36)33-25-19-22(31(38)40-2)12-13-26(25)34-14-16-35(17-15-34)30(37)20-8-4-3-5-9-20/h3-13,18-19H,14-17H2,1-2H3,(H,33,36). The monoisotopic (exact) mass is 601 g/mol. The molecule has 2 amide bonds. The number of rotatable bonds is 6. The number of piperazine rings is 1. The van der Waals surface area contributed by atoms with Gasteiger partial charge in [0.15, 0.2) is 0 Å². The van der Waals surface area contributed by atoms with Crippen molar-refractivity contribution in [3.8, 4) is 5.75 Å². The Morgan fingerprint density at radius 2 is 1.52 bits per heavy atom. The van der Waals surface area contributed by atoms with Gasteiger partial charge >= 0.3 is 5.97 Å². The fraction of sp³-hybridized carbons (Fsp3) is 0.194. The number of fused-ring (bicyclic) bond motifs is 1. The predicted molar refractivity (Wildman–Crippen MR) is 158 cm³/mol. The summed E-state index contributed by atoms with van der Waals surface area (Å²) in [5.41, 5.74) is 2.52. The molecule has 0 spiro atoms. The average Bonchev–Trinajstić information content (AvgIpc) is 3.00. The van der Waals surface area contributed by atoms with Crippen molar-refractivity contribution >= 4 is 55.9 Å². The van der Waals surface area contributed by atoms with Gasteiger partial charge in [0, 0.05) is 31.7 Å². The second-order valence-corrected chi connectivity index (χ2v) is 10.1. The van der Waals surface area contributed by atoms with Crippen LogP contribution in [0.1, 0.15) is 31.1 Å². The first kappa shape index (κ1) is 27.2. The Kier molecular flexibility index (Phi) is 8.02. The maximum Gasteiger partial charge on any atom is 0.337 e. The number of carbonyl (C=O) groups excluding carboxylic acids is 3. The number of esters is 1. The van der Waals surface area contributed by atoms with Gasteiger partial charge in [-0.25, -0.2) is 4.79 Å². The SMILES string of the molecule is COC(=O)c1ccc(N2CCN(C(=O)c3ccccc3)CC2)c(NC(=O)c2cc3ccccc3c(Br)c2OC)c1. The number of ether oxygens (including phenoxy) is 2. The van der Waals surface area contributed by atoms with Gasteiger partial charge in [-0.05, 0) is 63.1 Å². The topological polar surface area (TPSA) is 88.2 Å². The maximum absolute atomic E-state index is 13.7. The molecule has 0 radical (unpaired) electrons. The van der Waals surface area contributed by atoms with Crippen molar-refractivity contribution in [2.24, 2.45) is 0 Å². The molecule has 0 atom stereocenters. The molecule has 0 unspecified atom stereocenters. The summed E-state index contributed by atoms with van der Waals surface area (Å²) in [5, 5.41) is 4.80. The molecule has 40 heavy (non-hydrogen) atoms. The summed E-state index contributed by atoms with van der Waals surface area (Å²) in [6.07, 6.45) is 0. The molecule has 0 aliphatic carbocycles. The molecular weight excluding hydrogens is 574 g/mol. The third-order valence-corrected chi connectivity index (χ3v) is 7.77. The van der Waals surface area contributed by atoms with Crippen molar-refractivity contribution in [3.63, 3.8) is 0 Å². The molecule has 0 bridgehead atoms. The van der Waals surface area contributed by atoms with Gasteiger partial charge in [-0.3, -0.25) is 9.59 Å². The van der Waals surface area contributed by atoms with Crippen LogP contribution < -0.4 is 15.0 Å². The molecule has 9 heteroatoms. The van der Waals surface area contributed by atoms with Gasteiger partial charge in [0.25, 0.3) is 11.8 Å². The molecule has 1 aliphatic rings. The van der Waals surface area contributed by atoms with Crippen LogP contribution in [0, 0.1) is 0 Å². The van der Waals surface area contributed by atoms with Gasteiger partial charge in [0.05, 0.1) is 41.2 Å². The van der Waals surface area contributed by atoms with Crippen molar-refractivity contribution in [1.29, 1.82) is 0 Å². The van der Waals surface area contributed by atoms with Crippen LogP contribution in [0.3, 0.4) is 0 Å². The van der Waals surface area contributed by atoms with Crippen LogP contribution in [0.2, 0.25) is 0 Å². The molecule has 0 aromatic heterocycles. The Hall–Kier alpha value is -4.37. The Morgan fingerprint density at radius 3 is 2.23 bits per heavy atom. The van der Waals surface area contributed by atoms with E-state index in [-0.39, 0.29) is 11.8 Å². The highest BCUT2D eigenvalue weighted by Gasteiger charge is 2.26. The number of hydrogen-bond acceptors (Lipinski definition) is 6. The molecule has 1 aliphatic heterocycles. The van der Waals surface area contributed by atoms with Gasteiger partial charge in [0.2, 0.25) is 0 Å². The first-order valence-corrected chi connectivity index (χ1v) is 13.6. The van der Waals surface area contributed by atoms with E-state index in [9.17, 15) is 14.4 Å². The Balaban J connectivity index is 1.43. The third-order valence-electron chi connectivity index (χ3n) is 6.98. The van der Waals surface area contributed by atoms with Crippen molar-refractivity contribution in [3.05, 3.63) is 100 Å². The molecule has 1 fully saturated rings. The van der Waals surface area contributed by atoms with Gasteiger partial charge in [-0.15, -0.1) is 0 Å². The van der Waals surface area contributed by atoms with Crippen LogP contribution in [0.4, 0.5) is 11.4 Å². The number of methoxy groups -OCH3 is 2. The molecule has 4 aromatic rings. The third kappa shape index (κ3) is 5.37. The second-order valence-electron chi connectivity index (χ2n) is 9.32. The van der Waals surface area contributed by atoms with Crippen molar-refractivity contribution in [2.45, 2.75) is 0 Å². The van der Waals surface area contributed by atoms with Gasteiger partial charge < -0.3 is 24.6 Å². The van der Waals surface area contributed by atoms with Crippen LogP contribution in [-0.4, -0.2) is 63.1 Å². The number of nitrogens with one attached hydrogen (secondary N) is 1. The maximum atomic E-state index is 13.7. The molecule has 1 saturated heterocycles. The molecule has 5 rings (SSSR count). The molecule has 1 heterocycles. The zero-order chi connectivity index (χ0) is 28.2. The van der Waals surface area contributed by atoms with E-state index in [2.05, 4.69) is 26.1 Å². The minimum Gasteiger partial charge on any atom is -0.495 e. The molecule has 4 aromatic carbocycles. The van der Waals surface area contributed by atoms with E-state index in [1.165, 1.54) is 14.2 Å². The Bertz CT molecular complexity index is 1580. The molecule has 1 N–H and O–H groups in total. The summed E-state index contributed by atoms with van der Waals surface area (Å²) >= 11 is 3.59. The second kappa shape index (κ2) is 11.8. The van der Waals surface area contributed by atoms with E-state index < -0.39 is 5.97 Å². The summed E-state index contributed by atoms with van der Waals surface area (Å²) in [6, 6.07) is 23.8. The predicted octanol–water partition coefficient (Wildman–Crippen LogP) is 5.61. The number of anilines is 2. The lowest BCUT2D eigenvalue weighted by atomic mass is 10.0. The summed E-state index contributed by atoms with van der Waals surface area (Å²) in [7, 11) is 2.83. The van der Waals surface area contributed by atoms with E-state index in [1.54, 1.807) is 24.3 Å². The zero-order valence-electron chi connectivity index (χ0n) is 22.1. The lowest BCUT2D eigenvalue weighted by molar-refractivity contribution is 0.0600. The van der Waals surface area contributed by atoms with Crippen molar-refractivity contribution in [1.82, 2.24) is 4.90 Å². The first-order valence-electron chi connectivity index (χ1n) is 12.8. The minimum atomic E-state index is -0.508. The summed E-state index contributed by atoms with van der Waals surface area (Å²) in [5.74, 6) is -0.491. The largest absolute Gasteiger partial charge is 0.495 e. The normalized spacial score (nSPS) is 13.2.